The van der Waals surface area contributed by atoms with Crippen LogP contribution in [0.5, 0.6) is 0 Å². The first-order valence-corrected chi connectivity index (χ1v) is 9.28. The number of amides is 1. The molecule has 28 heavy (non-hydrogen) atoms. The molecular formula is C20H17ClFN3O3. The fraction of sp³-hybridized carbons (Fsp3) is 0.250. The van der Waals surface area contributed by atoms with Crippen LogP contribution in [-0.2, 0) is 4.79 Å². The van der Waals surface area contributed by atoms with Crippen molar-refractivity contribution in [2.45, 2.75) is 31.8 Å². The summed E-state index contributed by atoms with van der Waals surface area (Å²) in [6, 6.07) is 8.85. The minimum atomic E-state index is -0.860. The molecule has 1 aliphatic rings. The first kappa shape index (κ1) is 18.4. The van der Waals surface area contributed by atoms with Gasteiger partial charge in [-0.25, -0.2) is 13.8 Å². The molecule has 0 aliphatic heterocycles. The lowest BCUT2D eigenvalue weighted by atomic mass is 10.2. The third kappa shape index (κ3) is 3.22. The number of fused-ring (bicyclic) bond motifs is 1. The molecule has 1 heterocycles. The third-order valence-corrected chi connectivity index (χ3v) is 5.06. The summed E-state index contributed by atoms with van der Waals surface area (Å²) in [5, 5.41) is 3.45. The summed E-state index contributed by atoms with van der Waals surface area (Å²) in [6.07, 6.45) is 1.82. The summed E-state index contributed by atoms with van der Waals surface area (Å²) in [5.74, 6) is -0.794. The Bertz CT molecular complexity index is 1200. The van der Waals surface area contributed by atoms with Crippen molar-refractivity contribution in [1.29, 1.82) is 0 Å². The maximum absolute atomic E-state index is 13.3. The summed E-state index contributed by atoms with van der Waals surface area (Å²) < 4.78 is 15.5. The van der Waals surface area contributed by atoms with Gasteiger partial charge >= 0.3 is 5.69 Å². The van der Waals surface area contributed by atoms with Crippen molar-refractivity contribution in [3.63, 3.8) is 0 Å². The minimum Gasteiger partial charge on any atom is -0.352 e. The number of carbonyl (C=O) groups is 1. The zero-order chi connectivity index (χ0) is 20.0. The fourth-order valence-electron chi connectivity index (χ4n) is 3.16. The zero-order valence-corrected chi connectivity index (χ0v) is 15.7. The van der Waals surface area contributed by atoms with Crippen LogP contribution < -0.4 is 16.6 Å². The lowest BCUT2D eigenvalue weighted by molar-refractivity contribution is -0.124. The van der Waals surface area contributed by atoms with Crippen LogP contribution >= 0.6 is 11.6 Å². The Labute approximate surface area is 164 Å². The van der Waals surface area contributed by atoms with Crippen LogP contribution in [-0.4, -0.2) is 21.1 Å². The number of hydrogen-bond donors (Lipinski definition) is 1. The van der Waals surface area contributed by atoms with E-state index in [-0.39, 0.29) is 28.5 Å². The minimum absolute atomic E-state index is 0.128. The molecule has 6 nitrogen and oxygen atoms in total. The molecule has 2 aromatic carbocycles. The number of rotatable bonds is 4. The molecule has 1 saturated carbocycles. The van der Waals surface area contributed by atoms with Gasteiger partial charge in [0, 0.05) is 11.1 Å². The number of halogens is 2. The van der Waals surface area contributed by atoms with E-state index in [9.17, 15) is 18.8 Å². The molecule has 1 aliphatic carbocycles. The SMILES string of the molecule is CC(C(=O)NC1CC1)n1c(=O)n(-c2ccc(F)cc2)c(=O)c2ccc(Cl)cc21. The number of benzene rings is 2. The highest BCUT2D eigenvalue weighted by atomic mass is 35.5. The van der Waals surface area contributed by atoms with Gasteiger partial charge in [-0.2, -0.15) is 0 Å². The summed E-state index contributed by atoms with van der Waals surface area (Å²) in [4.78, 5) is 38.9. The van der Waals surface area contributed by atoms with Gasteiger partial charge in [0.05, 0.1) is 16.6 Å². The average molecular weight is 402 g/mol. The Morgan fingerprint density at radius 1 is 1.18 bits per heavy atom. The van der Waals surface area contributed by atoms with Crippen molar-refractivity contribution in [3.8, 4) is 5.69 Å². The molecule has 1 amide bonds. The lowest BCUT2D eigenvalue weighted by Gasteiger charge is -2.19. The number of nitrogens with one attached hydrogen (secondary N) is 1. The predicted molar refractivity (Wildman–Crippen MR) is 105 cm³/mol. The van der Waals surface area contributed by atoms with Crippen LogP contribution in [0, 0.1) is 5.82 Å². The number of aromatic nitrogens is 2. The number of carbonyl (C=O) groups excluding carboxylic acids is 1. The summed E-state index contributed by atoms with van der Waals surface area (Å²) in [6.45, 7) is 1.60. The van der Waals surface area contributed by atoms with Crippen LogP contribution in [0.1, 0.15) is 25.8 Å². The lowest BCUT2D eigenvalue weighted by Crippen LogP contribution is -2.44. The van der Waals surface area contributed by atoms with Crippen molar-refractivity contribution in [2.75, 3.05) is 0 Å². The molecule has 144 valence electrons. The maximum Gasteiger partial charge on any atom is 0.336 e. The van der Waals surface area contributed by atoms with E-state index in [0.717, 1.165) is 17.4 Å². The first-order valence-electron chi connectivity index (χ1n) is 8.90. The zero-order valence-electron chi connectivity index (χ0n) is 15.0. The number of nitrogens with zero attached hydrogens (tertiary/aromatic N) is 2. The molecule has 0 spiro atoms. The highest BCUT2D eigenvalue weighted by molar-refractivity contribution is 6.31. The topological polar surface area (TPSA) is 73.1 Å². The Hall–Kier alpha value is -2.93. The molecule has 1 aromatic heterocycles. The van der Waals surface area contributed by atoms with Gasteiger partial charge in [0.15, 0.2) is 0 Å². The monoisotopic (exact) mass is 401 g/mol. The van der Waals surface area contributed by atoms with E-state index in [1.165, 1.54) is 41.0 Å². The number of hydrogen-bond acceptors (Lipinski definition) is 3. The van der Waals surface area contributed by atoms with Gasteiger partial charge in [-0.1, -0.05) is 11.6 Å². The molecular weight excluding hydrogens is 385 g/mol. The van der Waals surface area contributed by atoms with E-state index in [4.69, 9.17) is 11.6 Å². The molecule has 0 saturated heterocycles. The van der Waals surface area contributed by atoms with Gasteiger partial charge in [0.1, 0.15) is 11.9 Å². The molecule has 0 radical (unpaired) electrons. The molecule has 1 fully saturated rings. The summed E-state index contributed by atoms with van der Waals surface area (Å²) in [7, 11) is 0. The van der Waals surface area contributed by atoms with Crippen LogP contribution in [0.2, 0.25) is 5.02 Å². The molecule has 0 bridgehead atoms. The van der Waals surface area contributed by atoms with E-state index in [1.807, 2.05) is 0 Å². The second-order valence-corrected chi connectivity index (χ2v) is 7.33. The molecule has 4 rings (SSSR count). The van der Waals surface area contributed by atoms with Gasteiger partial charge < -0.3 is 5.32 Å². The highest BCUT2D eigenvalue weighted by Gasteiger charge is 2.28. The van der Waals surface area contributed by atoms with Gasteiger partial charge in [-0.15, -0.1) is 0 Å². The molecule has 1 unspecified atom stereocenters. The summed E-state index contributed by atoms with van der Waals surface area (Å²) in [5.41, 5.74) is -0.754. The van der Waals surface area contributed by atoms with Crippen molar-refractivity contribution >= 4 is 28.4 Å². The van der Waals surface area contributed by atoms with Crippen LogP contribution in [0.3, 0.4) is 0 Å². The standard InChI is InChI=1S/C20H17ClFN3O3/c1-11(18(26)23-14-5-6-14)24-17-10-12(21)2-9-16(17)19(27)25(20(24)28)15-7-3-13(22)4-8-15/h2-4,7-11,14H,5-6H2,1H3,(H,23,26). The highest BCUT2D eigenvalue weighted by Crippen LogP contribution is 2.22. The Morgan fingerprint density at radius 3 is 2.50 bits per heavy atom. The van der Waals surface area contributed by atoms with Crippen molar-refractivity contribution in [1.82, 2.24) is 14.5 Å². The van der Waals surface area contributed by atoms with Crippen molar-refractivity contribution < 1.29 is 9.18 Å². The second-order valence-electron chi connectivity index (χ2n) is 6.89. The van der Waals surface area contributed by atoms with Gasteiger partial charge in [-0.3, -0.25) is 14.2 Å². The fourth-order valence-corrected chi connectivity index (χ4v) is 3.33. The second kappa shape index (κ2) is 6.91. The maximum atomic E-state index is 13.3. The van der Waals surface area contributed by atoms with Gasteiger partial charge in [0.25, 0.3) is 5.56 Å². The van der Waals surface area contributed by atoms with E-state index in [2.05, 4.69) is 5.32 Å². The van der Waals surface area contributed by atoms with Gasteiger partial charge in [-0.05, 0) is 62.2 Å². The van der Waals surface area contributed by atoms with Crippen LogP contribution in [0.15, 0.2) is 52.1 Å². The molecule has 8 heteroatoms. The smallest absolute Gasteiger partial charge is 0.336 e. The first-order chi connectivity index (χ1) is 13.4. The summed E-state index contributed by atoms with van der Waals surface area (Å²) >= 11 is 6.08. The van der Waals surface area contributed by atoms with E-state index in [0.29, 0.717) is 5.02 Å². The van der Waals surface area contributed by atoms with E-state index in [1.54, 1.807) is 13.0 Å². The van der Waals surface area contributed by atoms with Gasteiger partial charge in [0.2, 0.25) is 5.91 Å². The Kier molecular flexibility index (Phi) is 4.55. The quantitative estimate of drug-likeness (QED) is 0.730. The average Bonchev–Trinajstić information content (AvgIpc) is 3.47. The molecule has 3 aromatic rings. The predicted octanol–water partition coefficient (Wildman–Crippen LogP) is 2.78. The Balaban J connectivity index is 1.99. The Morgan fingerprint density at radius 2 is 1.86 bits per heavy atom. The normalized spacial score (nSPS) is 14.8. The molecule has 1 atom stereocenters. The van der Waals surface area contributed by atoms with Crippen LogP contribution in [0.4, 0.5) is 4.39 Å². The van der Waals surface area contributed by atoms with Crippen LogP contribution in [0.25, 0.3) is 16.6 Å². The largest absolute Gasteiger partial charge is 0.352 e. The third-order valence-electron chi connectivity index (χ3n) is 4.83. The van der Waals surface area contributed by atoms with Crippen molar-refractivity contribution in [3.05, 3.63) is 74.1 Å². The molecule has 1 N–H and O–H groups in total. The van der Waals surface area contributed by atoms with Crippen molar-refractivity contribution in [2.24, 2.45) is 0 Å². The van der Waals surface area contributed by atoms with E-state index < -0.39 is 23.1 Å². The van der Waals surface area contributed by atoms with E-state index >= 15 is 0 Å².